The molecule has 5 aromatic rings. The zero-order valence-electron chi connectivity index (χ0n) is 45.5. The number of hydrogen-bond acceptors (Lipinski definition) is 3. The molecule has 0 saturated carbocycles. The number of benzene rings is 4. The Balaban J connectivity index is 1.18. The highest BCUT2D eigenvalue weighted by Gasteiger charge is 2.57. The fourth-order valence-corrected chi connectivity index (χ4v) is 17.4. The Morgan fingerprint density at radius 2 is 1.01 bits per heavy atom. The summed E-state index contributed by atoms with van der Waals surface area (Å²) in [5.74, 6) is 0. The summed E-state index contributed by atoms with van der Waals surface area (Å²) >= 11 is 2.12. The summed E-state index contributed by atoms with van der Waals surface area (Å²) < 4.78 is 1.47. The smallest absolute Gasteiger partial charge is 0.249 e. The fraction of sp³-hybridized carbons (Fsp3) is 0.538. The van der Waals surface area contributed by atoms with E-state index in [4.69, 9.17) is 0 Å². The van der Waals surface area contributed by atoms with Gasteiger partial charge in [-0.1, -0.05) is 134 Å². The molecule has 0 N–H and O–H groups in total. The molecule has 2 nitrogen and oxygen atoms in total. The molecule has 0 fully saturated rings. The lowest BCUT2D eigenvalue weighted by Crippen LogP contribution is -2.62. The molecule has 0 spiro atoms. The molecule has 358 valence electrons. The highest BCUT2D eigenvalue weighted by molar-refractivity contribution is 7.26. The first-order valence-electron chi connectivity index (χ1n) is 27.2. The number of rotatable bonds is 1. The van der Waals surface area contributed by atoms with Gasteiger partial charge in [0.2, 0.25) is 6.71 Å². The van der Waals surface area contributed by atoms with Crippen LogP contribution in [0.25, 0.3) is 10.1 Å². The third kappa shape index (κ3) is 5.74. The number of nitrogens with zero attached hydrogens (tertiary/aromatic N) is 2. The van der Waals surface area contributed by atoms with Crippen molar-refractivity contribution in [1.29, 1.82) is 0 Å². The van der Waals surface area contributed by atoms with Crippen LogP contribution in [0, 0.1) is 6.92 Å². The molecule has 2 unspecified atom stereocenters. The average molecular weight is 931 g/mol. The van der Waals surface area contributed by atoms with Gasteiger partial charge in [-0.2, -0.15) is 0 Å². The van der Waals surface area contributed by atoms with Gasteiger partial charge in [0.25, 0.3) is 0 Å². The summed E-state index contributed by atoms with van der Waals surface area (Å²) in [7, 11) is 0. The molecule has 0 saturated heterocycles. The molecule has 13 rings (SSSR count). The average Bonchev–Trinajstić information content (AvgIpc) is 3.64. The molecule has 4 aromatic carbocycles. The number of aryl methyl sites for hydroxylation is 1. The van der Waals surface area contributed by atoms with Crippen molar-refractivity contribution in [3.05, 3.63) is 127 Å². The molecule has 4 heterocycles. The molecule has 0 amide bonds. The maximum atomic E-state index is 2.94. The van der Waals surface area contributed by atoms with Gasteiger partial charge in [0.15, 0.2) is 0 Å². The van der Waals surface area contributed by atoms with Crippen molar-refractivity contribution < 1.29 is 0 Å². The minimum absolute atomic E-state index is 0.0879. The second kappa shape index (κ2) is 13.3. The van der Waals surface area contributed by atoms with E-state index in [1.165, 1.54) is 100 Å². The van der Waals surface area contributed by atoms with E-state index in [-0.39, 0.29) is 56.1 Å². The van der Waals surface area contributed by atoms with E-state index in [0.29, 0.717) is 0 Å². The fourth-order valence-electron chi connectivity index (χ4n) is 16.1. The van der Waals surface area contributed by atoms with Crippen molar-refractivity contribution in [2.75, 3.05) is 9.80 Å². The van der Waals surface area contributed by atoms with Crippen molar-refractivity contribution in [3.8, 4) is 0 Å². The largest absolute Gasteiger partial charge is 0.327 e. The Labute approximate surface area is 420 Å². The second-order valence-electron chi connectivity index (χ2n) is 28.9. The quantitative estimate of drug-likeness (QED) is 0.155. The molecular weight excluding hydrogens is 852 g/mol. The lowest BCUT2D eigenvalue weighted by atomic mass is 9.31. The van der Waals surface area contributed by atoms with Gasteiger partial charge in [-0.25, -0.2) is 0 Å². The molecule has 4 heteroatoms. The van der Waals surface area contributed by atoms with Crippen LogP contribution >= 0.6 is 11.3 Å². The summed E-state index contributed by atoms with van der Waals surface area (Å²) in [6.07, 6.45) is 13.4. The lowest BCUT2D eigenvalue weighted by molar-refractivity contribution is 0.327. The third-order valence-corrected chi connectivity index (χ3v) is 22.3. The zero-order chi connectivity index (χ0) is 48.9. The van der Waals surface area contributed by atoms with Crippen molar-refractivity contribution in [3.63, 3.8) is 0 Å². The summed E-state index contributed by atoms with van der Waals surface area (Å²) in [5, 5.41) is 2.99. The lowest BCUT2D eigenvalue weighted by Gasteiger charge is -2.57. The van der Waals surface area contributed by atoms with Crippen LogP contribution in [0.15, 0.2) is 71.3 Å². The van der Waals surface area contributed by atoms with Crippen LogP contribution in [0.2, 0.25) is 0 Å². The van der Waals surface area contributed by atoms with Crippen LogP contribution < -0.4 is 20.7 Å². The van der Waals surface area contributed by atoms with E-state index in [1.807, 2.05) is 0 Å². The first-order chi connectivity index (χ1) is 32.1. The van der Waals surface area contributed by atoms with Crippen LogP contribution in [0.5, 0.6) is 0 Å². The van der Waals surface area contributed by atoms with E-state index in [2.05, 4.69) is 193 Å². The van der Waals surface area contributed by atoms with Gasteiger partial charge in [-0.05, 0) is 217 Å². The Morgan fingerprint density at radius 3 is 1.61 bits per heavy atom. The van der Waals surface area contributed by atoms with Crippen molar-refractivity contribution in [1.82, 2.24) is 0 Å². The molecule has 8 aliphatic rings. The predicted octanol–water partition coefficient (Wildman–Crippen LogP) is 16.4. The monoisotopic (exact) mass is 931 g/mol. The molecule has 3 aliphatic heterocycles. The highest BCUT2D eigenvalue weighted by atomic mass is 32.1. The molecule has 69 heavy (non-hydrogen) atoms. The van der Waals surface area contributed by atoms with Crippen molar-refractivity contribution >= 4 is 61.1 Å². The maximum Gasteiger partial charge on any atom is 0.249 e. The van der Waals surface area contributed by atoms with Crippen LogP contribution in [0.4, 0.5) is 22.1 Å². The predicted molar refractivity (Wildman–Crippen MR) is 299 cm³/mol. The van der Waals surface area contributed by atoms with E-state index in [0.717, 1.165) is 6.42 Å². The van der Waals surface area contributed by atoms with E-state index >= 15 is 0 Å². The first-order valence-corrected chi connectivity index (χ1v) is 28.0. The van der Waals surface area contributed by atoms with Crippen LogP contribution in [-0.2, 0) is 43.3 Å². The topological polar surface area (TPSA) is 6.48 Å². The van der Waals surface area contributed by atoms with Gasteiger partial charge in [0, 0.05) is 27.2 Å². The van der Waals surface area contributed by atoms with E-state index in [9.17, 15) is 0 Å². The summed E-state index contributed by atoms with van der Waals surface area (Å²) in [6.45, 7) is 43.0. The van der Waals surface area contributed by atoms with Gasteiger partial charge in [0.1, 0.15) is 0 Å². The molecule has 0 radical (unpaired) electrons. The first kappa shape index (κ1) is 44.9. The minimum atomic E-state index is -0.0879. The summed E-state index contributed by atoms with van der Waals surface area (Å²) in [6, 6.07) is 21.8. The van der Waals surface area contributed by atoms with Gasteiger partial charge >= 0.3 is 0 Å². The van der Waals surface area contributed by atoms with Crippen molar-refractivity contribution in [2.45, 2.75) is 225 Å². The Kier molecular flexibility index (Phi) is 8.67. The summed E-state index contributed by atoms with van der Waals surface area (Å²) in [4.78, 5) is 5.83. The standard InChI is InChI=1S/C65H79BN2S/c1-36-28-50-55-51(29-36)68(48-33-43-40(30-37(48)2)59(5,6)20-23-62(43,11)12)57-54(38-31-41-45(35-52(38)69-57)64(15,16)25-21-60(41,7)8)66(55)47-19-18-39-53-56(47)67(50)49-34-44-42(61(9,10)22-24-63(44,13)14)32-46(49)65(53,17)27-26-58(39,3)4/h18-19,28,30-35,51H,20-27,29H2,1-17H3. The maximum absolute atomic E-state index is 2.94. The minimum Gasteiger partial charge on any atom is -0.327 e. The SMILES string of the molecule is CC1=CC2=C3B(c4ccc5c6c4N2c2cc4c(cc2C6(C)CCC5(C)C)C(C)(C)CCC4(C)C)c2c(sc4cc5c(cc24)C(C)(C)CCC5(C)C)N(c2cc4c(cc2C)C(C)(C)CCC4(C)C)C3C1. The van der Waals surface area contributed by atoms with Gasteiger partial charge < -0.3 is 9.80 Å². The molecular formula is C65H79BN2S. The Bertz CT molecular complexity index is 3250. The Hall–Kier alpha value is -4.02. The number of hydrogen-bond donors (Lipinski definition) is 0. The highest BCUT2D eigenvalue weighted by Crippen LogP contribution is 2.64. The molecule has 0 bridgehead atoms. The molecule has 2 atom stereocenters. The number of anilines is 4. The number of fused-ring (bicyclic) bond motifs is 12. The third-order valence-electron chi connectivity index (χ3n) is 21.1. The van der Waals surface area contributed by atoms with Gasteiger partial charge in [-0.15, -0.1) is 11.3 Å². The van der Waals surface area contributed by atoms with Crippen molar-refractivity contribution in [2.24, 2.45) is 0 Å². The molecule has 5 aliphatic carbocycles. The normalized spacial score (nSPS) is 27.1. The van der Waals surface area contributed by atoms with E-state index in [1.54, 1.807) is 66.5 Å². The zero-order valence-corrected chi connectivity index (χ0v) is 46.3. The van der Waals surface area contributed by atoms with Gasteiger partial charge in [-0.3, -0.25) is 0 Å². The number of allylic oxidation sites excluding steroid dienone is 1. The van der Waals surface area contributed by atoms with Gasteiger partial charge in [0.05, 0.1) is 16.7 Å². The van der Waals surface area contributed by atoms with Crippen LogP contribution in [-0.4, -0.2) is 12.8 Å². The Morgan fingerprint density at radius 1 is 0.522 bits per heavy atom. The molecule has 1 aromatic heterocycles. The van der Waals surface area contributed by atoms with Crippen LogP contribution in [0.1, 0.15) is 224 Å². The van der Waals surface area contributed by atoms with E-state index < -0.39 is 0 Å². The second-order valence-corrected chi connectivity index (χ2v) is 30.0. The number of thiophene rings is 1. The summed E-state index contributed by atoms with van der Waals surface area (Å²) in [5.41, 5.74) is 28.4. The van der Waals surface area contributed by atoms with Crippen LogP contribution in [0.3, 0.4) is 0 Å².